The smallest absolute Gasteiger partial charge is 0.399 e. The number of nitrogens with zero attached hydrogens (tertiary/aromatic N) is 2. The summed E-state index contributed by atoms with van der Waals surface area (Å²) in [5.41, 5.74) is 9.72. The maximum absolute atomic E-state index is 6.34. The second-order valence-corrected chi connectivity index (χ2v) is 13.7. The summed E-state index contributed by atoms with van der Waals surface area (Å²) in [6.07, 6.45) is 0. The lowest BCUT2D eigenvalue weighted by molar-refractivity contribution is 0.00578. The quantitative estimate of drug-likeness (QED) is 0.186. The van der Waals surface area contributed by atoms with Crippen LogP contribution in [0, 0.1) is 0 Å². The van der Waals surface area contributed by atoms with E-state index in [-0.39, 0.29) is 18.3 Å². The van der Waals surface area contributed by atoms with Crippen LogP contribution in [0.3, 0.4) is 0 Å². The third-order valence-corrected chi connectivity index (χ3v) is 10.4. The van der Waals surface area contributed by atoms with E-state index >= 15 is 0 Å². The molecule has 3 heterocycles. The van der Waals surface area contributed by atoms with Gasteiger partial charge in [-0.3, -0.25) is 0 Å². The van der Waals surface area contributed by atoms with Gasteiger partial charge in [0.2, 0.25) is 0 Å². The van der Waals surface area contributed by atoms with E-state index in [0.29, 0.717) is 0 Å². The first-order valence-electron chi connectivity index (χ1n) is 16.4. The summed E-state index contributed by atoms with van der Waals surface area (Å²) in [5.74, 6) is 0. The van der Waals surface area contributed by atoms with Gasteiger partial charge in [-0.1, -0.05) is 84.9 Å². The largest absolute Gasteiger partial charge is 0.494 e. The van der Waals surface area contributed by atoms with E-state index in [1.807, 2.05) is 0 Å². The molecule has 4 nitrogen and oxygen atoms in total. The van der Waals surface area contributed by atoms with Gasteiger partial charge >= 0.3 is 7.12 Å². The summed E-state index contributed by atoms with van der Waals surface area (Å²) in [6.45, 7) is 8.37. The molecule has 0 N–H and O–H groups in total. The number of benzene rings is 6. The van der Waals surface area contributed by atoms with Crippen LogP contribution in [-0.2, 0) is 9.31 Å². The van der Waals surface area contributed by atoms with E-state index in [0.717, 1.165) is 11.2 Å². The number of rotatable bonds is 4. The number of aromatic nitrogens is 2. The zero-order chi connectivity index (χ0) is 31.9. The van der Waals surface area contributed by atoms with Crippen molar-refractivity contribution in [3.8, 4) is 22.5 Å². The normalized spacial score (nSPS) is 15.8. The fourth-order valence-electron chi connectivity index (χ4n) is 7.20. The van der Waals surface area contributed by atoms with Crippen LogP contribution in [0.4, 0.5) is 0 Å². The van der Waals surface area contributed by atoms with Gasteiger partial charge in [-0.2, -0.15) is 0 Å². The molecule has 0 radical (unpaired) electrons. The van der Waals surface area contributed by atoms with Crippen LogP contribution in [0.15, 0.2) is 140 Å². The first-order chi connectivity index (χ1) is 22.8. The van der Waals surface area contributed by atoms with Crippen LogP contribution in [0.5, 0.6) is 0 Å². The Balaban J connectivity index is 1.18. The van der Waals surface area contributed by atoms with Gasteiger partial charge in [0.25, 0.3) is 0 Å². The molecule has 0 atom stereocenters. The second-order valence-electron chi connectivity index (χ2n) is 13.7. The van der Waals surface area contributed by atoms with Gasteiger partial charge in [-0.15, -0.1) is 0 Å². The van der Waals surface area contributed by atoms with Crippen LogP contribution in [-0.4, -0.2) is 27.5 Å². The molecule has 1 aliphatic heterocycles. The minimum atomic E-state index is -0.387. The fourth-order valence-corrected chi connectivity index (χ4v) is 7.20. The monoisotopic (exact) mass is 610 g/mol. The molecular formula is C42H35BN2O2. The predicted molar refractivity (Wildman–Crippen MR) is 196 cm³/mol. The number of para-hydroxylation sites is 3. The summed E-state index contributed by atoms with van der Waals surface area (Å²) in [7, 11) is -0.387. The molecule has 6 aromatic carbocycles. The minimum Gasteiger partial charge on any atom is -0.399 e. The zero-order valence-corrected chi connectivity index (χ0v) is 27.1. The van der Waals surface area contributed by atoms with Gasteiger partial charge in [-0.05, 0) is 98.9 Å². The summed E-state index contributed by atoms with van der Waals surface area (Å²) < 4.78 is 17.4. The number of hydrogen-bond acceptors (Lipinski definition) is 2. The van der Waals surface area contributed by atoms with Crippen molar-refractivity contribution < 1.29 is 9.31 Å². The Labute approximate surface area is 274 Å². The fraction of sp³-hybridized carbons (Fsp3) is 0.143. The average Bonchev–Trinajstić information content (AvgIpc) is 3.68. The lowest BCUT2D eigenvalue weighted by atomic mass is 9.79. The van der Waals surface area contributed by atoms with Gasteiger partial charge in [0, 0.05) is 32.9 Å². The van der Waals surface area contributed by atoms with Crippen molar-refractivity contribution in [2.45, 2.75) is 38.9 Å². The van der Waals surface area contributed by atoms with E-state index in [9.17, 15) is 0 Å². The minimum absolute atomic E-state index is 0.376. The van der Waals surface area contributed by atoms with E-state index in [2.05, 4.69) is 176 Å². The molecule has 0 amide bonds. The molecule has 0 bridgehead atoms. The van der Waals surface area contributed by atoms with Gasteiger partial charge < -0.3 is 18.4 Å². The van der Waals surface area contributed by atoms with E-state index in [4.69, 9.17) is 9.31 Å². The standard InChI is InChI=1S/C42H35BN2O2/c1-41(2)42(3,4)47-43(46-41)30-20-22-32(23-21-30)45-37-16-10-8-14-33(37)35-24-18-29(27-40(35)45)28-19-25-39-36(26-28)34-15-9-11-17-38(34)44(39)31-12-6-5-7-13-31/h5-27H,1-4H3. The maximum Gasteiger partial charge on any atom is 0.494 e. The Morgan fingerprint density at radius 2 is 0.915 bits per heavy atom. The Kier molecular flexibility index (Phi) is 6.11. The summed E-state index contributed by atoms with van der Waals surface area (Å²) in [6, 6.07) is 50.4. The Morgan fingerprint density at radius 3 is 1.60 bits per heavy atom. The molecule has 8 aromatic rings. The molecule has 1 saturated heterocycles. The highest BCUT2D eigenvalue weighted by molar-refractivity contribution is 6.62. The summed E-state index contributed by atoms with van der Waals surface area (Å²) in [4.78, 5) is 0. The molecule has 5 heteroatoms. The predicted octanol–water partition coefficient (Wildman–Crippen LogP) is 9.85. The molecule has 0 aliphatic carbocycles. The molecule has 0 unspecified atom stereocenters. The van der Waals surface area contributed by atoms with Crippen molar-refractivity contribution in [1.82, 2.24) is 9.13 Å². The first kappa shape index (κ1) is 28.2. The van der Waals surface area contributed by atoms with Crippen molar-refractivity contribution >= 4 is 56.2 Å². The highest BCUT2D eigenvalue weighted by Gasteiger charge is 2.51. The topological polar surface area (TPSA) is 28.3 Å². The van der Waals surface area contributed by atoms with Crippen molar-refractivity contribution in [3.63, 3.8) is 0 Å². The van der Waals surface area contributed by atoms with Gasteiger partial charge in [0.15, 0.2) is 0 Å². The molecule has 0 saturated carbocycles. The van der Waals surface area contributed by atoms with E-state index in [1.165, 1.54) is 60.4 Å². The maximum atomic E-state index is 6.34. The van der Waals surface area contributed by atoms with E-state index in [1.54, 1.807) is 0 Å². The van der Waals surface area contributed by atoms with Crippen LogP contribution < -0.4 is 5.46 Å². The van der Waals surface area contributed by atoms with Crippen molar-refractivity contribution in [1.29, 1.82) is 0 Å². The van der Waals surface area contributed by atoms with E-state index < -0.39 is 0 Å². The molecular weight excluding hydrogens is 575 g/mol. The van der Waals surface area contributed by atoms with Crippen molar-refractivity contribution in [2.75, 3.05) is 0 Å². The Hall–Kier alpha value is -5.10. The van der Waals surface area contributed by atoms with Crippen LogP contribution in [0.1, 0.15) is 27.7 Å². The molecule has 228 valence electrons. The van der Waals surface area contributed by atoms with Crippen LogP contribution >= 0.6 is 0 Å². The Bertz CT molecular complexity index is 2460. The highest BCUT2D eigenvalue weighted by Crippen LogP contribution is 2.39. The summed E-state index contributed by atoms with van der Waals surface area (Å²) >= 11 is 0. The van der Waals surface area contributed by atoms with Gasteiger partial charge in [0.1, 0.15) is 0 Å². The molecule has 1 fully saturated rings. The van der Waals surface area contributed by atoms with Crippen molar-refractivity contribution in [2.24, 2.45) is 0 Å². The number of hydrogen-bond donors (Lipinski definition) is 0. The second kappa shape index (κ2) is 10.2. The average molecular weight is 611 g/mol. The Morgan fingerprint density at radius 1 is 0.426 bits per heavy atom. The SMILES string of the molecule is CC1(C)OB(c2ccc(-n3c4ccccc4c4ccc(-c5ccc6c(c5)c5ccccc5n6-c5ccccc5)cc43)cc2)OC1(C)C. The first-order valence-corrected chi connectivity index (χ1v) is 16.4. The van der Waals surface area contributed by atoms with Crippen LogP contribution in [0.25, 0.3) is 66.1 Å². The van der Waals surface area contributed by atoms with Gasteiger partial charge in [-0.25, -0.2) is 0 Å². The third-order valence-electron chi connectivity index (χ3n) is 10.4. The molecule has 47 heavy (non-hydrogen) atoms. The zero-order valence-electron chi connectivity index (χ0n) is 27.1. The molecule has 1 aliphatic rings. The lowest BCUT2D eigenvalue weighted by Gasteiger charge is -2.32. The summed E-state index contributed by atoms with van der Waals surface area (Å²) in [5, 5.41) is 4.98. The van der Waals surface area contributed by atoms with Crippen molar-refractivity contribution in [3.05, 3.63) is 140 Å². The van der Waals surface area contributed by atoms with Gasteiger partial charge in [0.05, 0.1) is 33.3 Å². The number of fused-ring (bicyclic) bond motifs is 6. The molecule has 0 spiro atoms. The third kappa shape index (κ3) is 4.31. The van der Waals surface area contributed by atoms with Crippen LogP contribution in [0.2, 0.25) is 0 Å². The molecule has 9 rings (SSSR count). The molecule has 2 aromatic heterocycles. The highest BCUT2D eigenvalue weighted by atomic mass is 16.7. The lowest BCUT2D eigenvalue weighted by Crippen LogP contribution is -2.41.